The lowest BCUT2D eigenvalue weighted by Gasteiger charge is -2.19. The molecule has 0 radical (unpaired) electrons. The molecule has 106 valence electrons. The van der Waals surface area contributed by atoms with Gasteiger partial charge < -0.3 is 10.2 Å². The number of aliphatic hydroxyl groups excluding tert-OH is 1. The SMILES string of the molecule is CCCC(Cc1ccc(C(C)C(=O)O)cc1)C(C)O. The predicted molar refractivity (Wildman–Crippen MR) is 76.3 cm³/mol. The van der Waals surface area contributed by atoms with Crippen LogP contribution in [0.5, 0.6) is 0 Å². The van der Waals surface area contributed by atoms with Crippen molar-refractivity contribution in [2.45, 2.75) is 52.1 Å². The van der Waals surface area contributed by atoms with Crippen molar-refractivity contribution >= 4 is 5.97 Å². The summed E-state index contributed by atoms with van der Waals surface area (Å²) in [6.07, 6.45) is 2.60. The minimum atomic E-state index is -0.805. The number of benzene rings is 1. The van der Waals surface area contributed by atoms with E-state index in [-0.39, 0.29) is 12.0 Å². The molecular formula is C16H24O3. The maximum atomic E-state index is 10.9. The molecule has 19 heavy (non-hydrogen) atoms. The predicted octanol–water partition coefficient (Wildman–Crippen LogP) is 3.21. The fourth-order valence-electron chi connectivity index (χ4n) is 2.27. The number of carboxylic acid groups (broad SMARTS) is 1. The second-order valence-corrected chi connectivity index (χ2v) is 5.29. The van der Waals surface area contributed by atoms with Crippen LogP contribution in [0.25, 0.3) is 0 Å². The van der Waals surface area contributed by atoms with Crippen LogP contribution in [0.1, 0.15) is 50.7 Å². The zero-order valence-electron chi connectivity index (χ0n) is 12.0. The highest BCUT2D eigenvalue weighted by molar-refractivity contribution is 5.75. The van der Waals surface area contributed by atoms with E-state index < -0.39 is 11.9 Å². The Morgan fingerprint density at radius 3 is 2.21 bits per heavy atom. The van der Waals surface area contributed by atoms with E-state index in [1.165, 1.54) is 0 Å². The number of aliphatic hydroxyl groups is 1. The first-order chi connectivity index (χ1) is 8.95. The zero-order chi connectivity index (χ0) is 14.4. The second-order valence-electron chi connectivity index (χ2n) is 5.29. The number of hydrogen-bond donors (Lipinski definition) is 2. The third-order valence-corrected chi connectivity index (χ3v) is 3.69. The van der Waals surface area contributed by atoms with Crippen LogP contribution in [0.2, 0.25) is 0 Å². The molecule has 0 aliphatic heterocycles. The molecule has 0 spiro atoms. The van der Waals surface area contributed by atoms with Crippen molar-refractivity contribution in [2.24, 2.45) is 5.92 Å². The van der Waals surface area contributed by atoms with Crippen LogP contribution in [0.15, 0.2) is 24.3 Å². The molecular weight excluding hydrogens is 240 g/mol. The van der Waals surface area contributed by atoms with E-state index in [1.54, 1.807) is 6.92 Å². The summed E-state index contributed by atoms with van der Waals surface area (Å²) in [6.45, 7) is 5.64. The Labute approximate surface area is 115 Å². The highest BCUT2D eigenvalue weighted by atomic mass is 16.4. The van der Waals surface area contributed by atoms with Crippen LogP contribution >= 0.6 is 0 Å². The summed E-state index contributed by atoms with van der Waals surface area (Å²) in [6, 6.07) is 7.69. The normalized spacial score (nSPS) is 15.8. The van der Waals surface area contributed by atoms with Gasteiger partial charge >= 0.3 is 5.97 Å². The van der Waals surface area contributed by atoms with Gasteiger partial charge in [0, 0.05) is 0 Å². The van der Waals surface area contributed by atoms with Crippen LogP contribution in [0.4, 0.5) is 0 Å². The van der Waals surface area contributed by atoms with Gasteiger partial charge in [0.15, 0.2) is 0 Å². The molecule has 1 aromatic rings. The quantitative estimate of drug-likeness (QED) is 0.795. The van der Waals surface area contributed by atoms with Crippen molar-refractivity contribution in [3.8, 4) is 0 Å². The molecule has 3 atom stereocenters. The topological polar surface area (TPSA) is 57.5 Å². The fourth-order valence-corrected chi connectivity index (χ4v) is 2.27. The van der Waals surface area contributed by atoms with Crippen molar-refractivity contribution < 1.29 is 15.0 Å². The summed E-state index contributed by atoms with van der Waals surface area (Å²) in [5, 5.41) is 18.7. The summed E-state index contributed by atoms with van der Waals surface area (Å²) >= 11 is 0. The molecule has 0 saturated carbocycles. The summed E-state index contributed by atoms with van der Waals surface area (Å²) < 4.78 is 0. The Hall–Kier alpha value is -1.35. The molecule has 2 N–H and O–H groups in total. The molecule has 3 heteroatoms. The summed E-state index contributed by atoms with van der Waals surface area (Å²) in [7, 11) is 0. The van der Waals surface area contributed by atoms with Crippen LogP contribution in [0.3, 0.4) is 0 Å². The average Bonchev–Trinajstić information content (AvgIpc) is 2.38. The number of carboxylic acids is 1. The molecule has 0 heterocycles. The van der Waals surface area contributed by atoms with E-state index in [0.717, 1.165) is 30.4 Å². The molecule has 0 fully saturated rings. The first kappa shape index (κ1) is 15.7. The van der Waals surface area contributed by atoms with E-state index in [9.17, 15) is 9.90 Å². The minimum absolute atomic E-state index is 0.271. The summed E-state index contributed by atoms with van der Waals surface area (Å²) in [5.41, 5.74) is 1.97. The first-order valence-corrected chi connectivity index (χ1v) is 6.95. The maximum Gasteiger partial charge on any atom is 0.310 e. The number of carbonyl (C=O) groups is 1. The Morgan fingerprint density at radius 1 is 1.21 bits per heavy atom. The average molecular weight is 264 g/mol. The smallest absolute Gasteiger partial charge is 0.310 e. The monoisotopic (exact) mass is 264 g/mol. The Kier molecular flexibility index (Phi) is 6.03. The van der Waals surface area contributed by atoms with Crippen molar-refractivity contribution in [2.75, 3.05) is 0 Å². The summed E-state index contributed by atoms with van der Waals surface area (Å²) in [4.78, 5) is 10.9. The second kappa shape index (κ2) is 7.29. The fraction of sp³-hybridized carbons (Fsp3) is 0.562. The van der Waals surface area contributed by atoms with Gasteiger partial charge in [0.1, 0.15) is 0 Å². The van der Waals surface area contributed by atoms with Crippen LogP contribution in [0, 0.1) is 5.92 Å². The Balaban J connectivity index is 2.73. The molecule has 0 aromatic heterocycles. The van der Waals surface area contributed by atoms with E-state index in [1.807, 2.05) is 31.2 Å². The van der Waals surface area contributed by atoms with Gasteiger partial charge in [-0.3, -0.25) is 4.79 Å². The van der Waals surface area contributed by atoms with Gasteiger partial charge in [-0.25, -0.2) is 0 Å². The third kappa shape index (κ3) is 4.67. The Morgan fingerprint density at radius 2 is 1.79 bits per heavy atom. The van der Waals surface area contributed by atoms with Crippen molar-refractivity contribution in [1.82, 2.24) is 0 Å². The van der Waals surface area contributed by atoms with Gasteiger partial charge in [-0.15, -0.1) is 0 Å². The Bertz CT molecular complexity index is 395. The molecule has 0 saturated heterocycles. The van der Waals surface area contributed by atoms with E-state index in [4.69, 9.17) is 5.11 Å². The van der Waals surface area contributed by atoms with E-state index in [0.29, 0.717) is 0 Å². The number of aliphatic carboxylic acids is 1. The number of hydrogen-bond acceptors (Lipinski definition) is 2. The minimum Gasteiger partial charge on any atom is -0.481 e. The lowest BCUT2D eigenvalue weighted by atomic mass is 9.90. The van der Waals surface area contributed by atoms with Crippen molar-refractivity contribution in [3.05, 3.63) is 35.4 Å². The van der Waals surface area contributed by atoms with Gasteiger partial charge in [0.25, 0.3) is 0 Å². The lowest BCUT2D eigenvalue weighted by molar-refractivity contribution is -0.138. The third-order valence-electron chi connectivity index (χ3n) is 3.69. The maximum absolute atomic E-state index is 10.9. The van der Waals surface area contributed by atoms with Crippen molar-refractivity contribution in [1.29, 1.82) is 0 Å². The first-order valence-electron chi connectivity index (χ1n) is 6.95. The van der Waals surface area contributed by atoms with Gasteiger partial charge in [-0.05, 0) is 43.7 Å². The molecule has 3 nitrogen and oxygen atoms in total. The standard InChI is InChI=1S/C16H24O3/c1-4-5-15(12(3)17)10-13-6-8-14(9-7-13)11(2)16(18)19/h6-9,11-12,15,17H,4-5,10H2,1-3H3,(H,18,19). The van der Waals surface area contributed by atoms with E-state index >= 15 is 0 Å². The largest absolute Gasteiger partial charge is 0.481 e. The van der Waals surface area contributed by atoms with Gasteiger partial charge in [0.05, 0.1) is 12.0 Å². The molecule has 0 aliphatic rings. The van der Waals surface area contributed by atoms with Crippen molar-refractivity contribution in [3.63, 3.8) is 0 Å². The molecule has 0 amide bonds. The highest BCUT2D eigenvalue weighted by Crippen LogP contribution is 2.21. The molecule has 1 rings (SSSR count). The van der Waals surface area contributed by atoms with E-state index in [2.05, 4.69) is 6.92 Å². The molecule has 3 unspecified atom stereocenters. The van der Waals surface area contributed by atoms with Crippen LogP contribution in [-0.4, -0.2) is 22.3 Å². The molecule has 1 aromatic carbocycles. The van der Waals surface area contributed by atoms with Gasteiger partial charge in [-0.2, -0.15) is 0 Å². The van der Waals surface area contributed by atoms with Crippen LogP contribution < -0.4 is 0 Å². The summed E-state index contributed by atoms with van der Waals surface area (Å²) in [5.74, 6) is -1.01. The molecule has 0 bridgehead atoms. The van der Waals surface area contributed by atoms with Crippen LogP contribution in [-0.2, 0) is 11.2 Å². The zero-order valence-corrected chi connectivity index (χ0v) is 12.0. The number of rotatable bonds is 7. The lowest BCUT2D eigenvalue weighted by Crippen LogP contribution is -2.19. The highest BCUT2D eigenvalue weighted by Gasteiger charge is 2.16. The van der Waals surface area contributed by atoms with Gasteiger partial charge in [0.2, 0.25) is 0 Å². The molecule has 0 aliphatic carbocycles. The van der Waals surface area contributed by atoms with Gasteiger partial charge in [-0.1, -0.05) is 37.6 Å².